The third-order valence-corrected chi connectivity index (χ3v) is 3.32. The van der Waals surface area contributed by atoms with E-state index in [4.69, 9.17) is 5.11 Å². The van der Waals surface area contributed by atoms with Crippen LogP contribution < -0.4 is 4.90 Å². The van der Waals surface area contributed by atoms with Crippen LogP contribution in [0.1, 0.15) is 18.4 Å². The van der Waals surface area contributed by atoms with Gasteiger partial charge in [-0.15, -0.1) is 0 Å². The number of rotatable bonds is 2. The SMILES string of the molecule is O=C=C1C(C(=O)O)=CN(C2CC2)c2ccc(F)cc21. The van der Waals surface area contributed by atoms with Gasteiger partial charge in [0.05, 0.1) is 11.1 Å². The summed E-state index contributed by atoms with van der Waals surface area (Å²) in [5.41, 5.74) is 0.716. The molecule has 0 radical (unpaired) electrons. The minimum absolute atomic E-state index is 0.0982. The second-order valence-electron chi connectivity index (χ2n) is 4.62. The van der Waals surface area contributed by atoms with E-state index in [1.165, 1.54) is 18.3 Å². The van der Waals surface area contributed by atoms with E-state index in [1.807, 2.05) is 0 Å². The number of benzene rings is 1. The molecule has 96 valence electrons. The number of anilines is 1. The molecule has 4 nitrogen and oxygen atoms in total. The Morgan fingerprint density at radius 3 is 2.74 bits per heavy atom. The summed E-state index contributed by atoms with van der Waals surface area (Å²) in [5.74, 6) is -0.0921. The highest BCUT2D eigenvalue weighted by Gasteiger charge is 2.35. The molecule has 19 heavy (non-hydrogen) atoms. The molecule has 1 N–H and O–H groups in total. The zero-order chi connectivity index (χ0) is 13.6. The molecular formula is C14H10FNO3. The second kappa shape index (κ2) is 4.07. The van der Waals surface area contributed by atoms with Crippen LogP contribution in [0, 0.1) is 5.82 Å². The van der Waals surface area contributed by atoms with Gasteiger partial charge >= 0.3 is 5.97 Å². The van der Waals surface area contributed by atoms with Gasteiger partial charge in [-0.1, -0.05) is 0 Å². The van der Waals surface area contributed by atoms with Gasteiger partial charge in [0.2, 0.25) is 0 Å². The molecule has 1 aromatic carbocycles. The molecular weight excluding hydrogens is 249 g/mol. The summed E-state index contributed by atoms with van der Waals surface area (Å²) < 4.78 is 13.3. The summed E-state index contributed by atoms with van der Waals surface area (Å²) in [7, 11) is 0. The van der Waals surface area contributed by atoms with Crippen LogP contribution in [-0.2, 0) is 9.59 Å². The van der Waals surface area contributed by atoms with Crippen molar-refractivity contribution < 1.29 is 19.1 Å². The highest BCUT2D eigenvalue weighted by Crippen LogP contribution is 2.41. The van der Waals surface area contributed by atoms with Crippen LogP contribution in [0.15, 0.2) is 30.0 Å². The number of hydrogen-bond donors (Lipinski definition) is 1. The summed E-state index contributed by atoms with van der Waals surface area (Å²) >= 11 is 0. The van der Waals surface area contributed by atoms with Gasteiger partial charge < -0.3 is 10.0 Å². The fourth-order valence-electron chi connectivity index (χ4n) is 2.28. The quantitative estimate of drug-likeness (QED) is 0.825. The molecule has 1 aliphatic carbocycles. The van der Waals surface area contributed by atoms with Crippen molar-refractivity contribution in [3.05, 3.63) is 41.4 Å². The van der Waals surface area contributed by atoms with Crippen molar-refractivity contribution in [1.82, 2.24) is 0 Å². The van der Waals surface area contributed by atoms with Gasteiger partial charge in [0.1, 0.15) is 11.8 Å². The molecule has 1 aromatic rings. The van der Waals surface area contributed by atoms with Crippen LogP contribution in [0.5, 0.6) is 0 Å². The molecule has 1 fully saturated rings. The maximum atomic E-state index is 13.3. The minimum atomic E-state index is -1.21. The summed E-state index contributed by atoms with van der Waals surface area (Å²) in [6.45, 7) is 0. The first-order valence-electron chi connectivity index (χ1n) is 5.90. The van der Waals surface area contributed by atoms with Crippen molar-refractivity contribution in [1.29, 1.82) is 0 Å². The Balaban J connectivity index is 2.23. The van der Waals surface area contributed by atoms with E-state index in [-0.39, 0.29) is 17.2 Å². The lowest BCUT2D eigenvalue weighted by Crippen LogP contribution is -2.26. The average Bonchev–Trinajstić information content (AvgIpc) is 3.20. The average molecular weight is 259 g/mol. The largest absolute Gasteiger partial charge is 0.478 e. The van der Waals surface area contributed by atoms with Gasteiger partial charge in [-0.25, -0.2) is 14.0 Å². The van der Waals surface area contributed by atoms with E-state index in [1.54, 1.807) is 16.9 Å². The molecule has 1 heterocycles. The van der Waals surface area contributed by atoms with E-state index in [9.17, 15) is 14.0 Å². The van der Waals surface area contributed by atoms with Crippen LogP contribution in [0.3, 0.4) is 0 Å². The van der Waals surface area contributed by atoms with Crippen molar-refractivity contribution in [3.8, 4) is 0 Å². The highest BCUT2D eigenvalue weighted by atomic mass is 19.1. The number of hydrogen-bond acceptors (Lipinski definition) is 3. The smallest absolute Gasteiger partial charge is 0.338 e. The minimum Gasteiger partial charge on any atom is -0.478 e. The van der Waals surface area contributed by atoms with E-state index in [0.29, 0.717) is 11.3 Å². The van der Waals surface area contributed by atoms with E-state index in [2.05, 4.69) is 0 Å². The predicted octanol–water partition coefficient (Wildman–Crippen LogP) is 1.99. The summed E-state index contributed by atoms with van der Waals surface area (Å²) in [5, 5.41) is 9.17. The molecule has 0 aromatic heterocycles. The molecule has 1 aliphatic heterocycles. The maximum absolute atomic E-state index is 13.3. The molecule has 0 saturated heterocycles. The number of halogens is 1. The van der Waals surface area contributed by atoms with Gasteiger partial charge in [0.25, 0.3) is 0 Å². The fourth-order valence-corrected chi connectivity index (χ4v) is 2.28. The standard InChI is InChI=1S/C14H10FNO3/c15-8-1-4-13-10(5-8)12(7-17)11(14(18)19)6-16(13)9-2-3-9/h1,4-6,9H,2-3H2,(H,18,19). The van der Waals surface area contributed by atoms with Crippen LogP contribution >= 0.6 is 0 Å². The van der Waals surface area contributed by atoms with Crippen molar-refractivity contribution in [3.63, 3.8) is 0 Å². The van der Waals surface area contributed by atoms with Crippen LogP contribution in [0.4, 0.5) is 10.1 Å². The number of carbonyl (C=O) groups is 1. The first-order valence-corrected chi connectivity index (χ1v) is 5.90. The Kier molecular flexibility index (Phi) is 2.50. The van der Waals surface area contributed by atoms with E-state index >= 15 is 0 Å². The normalized spacial score (nSPS) is 17.6. The van der Waals surface area contributed by atoms with E-state index < -0.39 is 11.8 Å². The third kappa shape index (κ3) is 1.84. The summed E-state index contributed by atoms with van der Waals surface area (Å²) in [4.78, 5) is 24.1. The predicted molar refractivity (Wildman–Crippen MR) is 66.7 cm³/mol. The van der Waals surface area contributed by atoms with Gasteiger partial charge in [-0.3, -0.25) is 0 Å². The molecule has 0 bridgehead atoms. The molecule has 1 saturated carbocycles. The lowest BCUT2D eigenvalue weighted by Gasteiger charge is -2.28. The Bertz CT molecular complexity index is 655. The number of aliphatic carboxylic acids is 1. The number of carboxylic acid groups (broad SMARTS) is 1. The van der Waals surface area contributed by atoms with Crippen LogP contribution in [0.25, 0.3) is 5.57 Å². The van der Waals surface area contributed by atoms with Crippen LogP contribution in [-0.4, -0.2) is 23.1 Å². The van der Waals surface area contributed by atoms with Crippen LogP contribution in [0.2, 0.25) is 0 Å². The molecule has 0 unspecified atom stereocenters. The third-order valence-electron chi connectivity index (χ3n) is 3.32. The van der Waals surface area contributed by atoms with Crippen molar-refractivity contribution in [2.24, 2.45) is 0 Å². The number of nitrogens with zero attached hydrogens (tertiary/aromatic N) is 1. The first kappa shape index (κ1) is 11.7. The number of carbonyl (C=O) groups excluding carboxylic acids is 1. The first-order chi connectivity index (χ1) is 9.11. The topological polar surface area (TPSA) is 57.6 Å². The molecule has 0 spiro atoms. The Labute approximate surface area is 108 Å². The van der Waals surface area contributed by atoms with Crippen molar-refractivity contribution >= 4 is 23.2 Å². The Morgan fingerprint density at radius 2 is 2.16 bits per heavy atom. The van der Waals surface area contributed by atoms with Crippen molar-refractivity contribution in [2.75, 3.05) is 4.90 Å². The van der Waals surface area contributed by atoms with Gasteiger partial charge in [0.15, 0.2) is 0 Å². The molecule has 3 rings (SSSR count). The molecule has 5 heteroatoms. The Morgan fingerprint density at radius 1 is 1.42 bits per heavy atom. The Hall–Kier alpha value is -2.39. The number of fused-ring (bicyclic) bond motifs is 1. The zero-order valence-corrected chi connectivity index (χ0v) is 9.89. The van der Waals surface area contributed by atoms with Gasteiger partial charge in [0, 0.05) is 23.5 Å². The van der Waals surface area contributed by atoms with E-state index in [0.717, 1.165) is 12.8 Å². The number of carboxylic acids is 1. The lowest BCUT2D eigenvalue weighted by atomic mass is 9.94. The molecule has 2 aliphatic rings. The zero-order valence-electron chi connectivity index (χ0n) is 9.89. The lowest BCUT2D eigenvalue weighted by molar-refractivity contribution is -0.132. The monoisotopic (exact) mass is 259 g/mol. The van der Waals surface area contributed by atoms with Gasteiger partial charge in [-0.05, 0) is 31.0 Å². The molecule has 0 amide bonds. The highest BCUT2D eigenvalue weighted by molar-refractivity contribution is 6.16. The second-order valence-corrected chi connectivity index (χ2v) is 4.62. The summed E-state index contributed by atoms with van der Waals surface area (Å²) in [6, 6.07) is 4.28. The fraction of sp³-hybridized carbons (Fsp3) is 0.214. The summed E-state index contributed by atoms with van der Waals surface area (Å²) in [6.07, 6.45) is 3.36. The van der Waals surface area contributed by atoms with Gasteiger partial charge in [-0.2, -0.15) is 0 Å². The maximum Gasteiger partial charge on any atom is 0.338 e. The molecule has 0 atom stereocenters. The van der Waals surface area contributed by atoms with Crippen molar-refractivity contribution in [2.45, 2.75) is 18.9 Å².